The maximum atomic E-state index is 8.81. The number of para-hydroxylation sites is 4. The van der Waals surface area contributed by atoms with Gasteiger partial charge < -0.3 is 18.6 Å². The molecule has 0 saturated heterocycles. The van der Waals surface area contributed by atoms with Gasteiger partial charge in [0.25, 0.3) is 0 Å². The lowest BCUT2D eigenvalue weighted by Gasteiger charge is -2.30. The number of rotatable bonds is 8. The van der Waals surface area contributed by atoms with Crippen molar-refractivity contribution >= 4 is 88.8 Å². The summed E-state index contributed by atoms with van der Waals surface area (Å²) in [5.74, 6) is 0.794. The molecule has 0 aliphatic heterocycles. The van der Waals surface area contributed by atoms with Crippen LogP contribution < -0.4 is 9.80 Å². The van der Waals surface area contributed by atoms with Crippen LogP contribution in [0.5, 0.6) is 0 Å². The van der Waals surface area contributed by atoms with Crippen molar-refractivity contribution in [3.8, 4) is 22.3 Å². The summed E-state index contributed by atoms with van der Waals surface area (Å²) in [6.07, 6.45) is 0. The van der Waals surface area contributed by atoms with E-state index in [1.165, 1.54) is 61.0 Å². The van der Waals surface area contributed by atoms with Gasteiger partial charge in [-0.05, 0) is 146 Å². The fourth-order valence-electron chi connectivity index (χ4n) is 12.6. The Hall–Kier alpha value is -8.34. The van der Waals surface area contributed by atoms with Gasteiger partial charge in [-0.3, -0.25) is 0 Å². The zero-order valence-corrected chi connectivity index (χ0v) is 43.2. The van der Waals surface area contributed by atoms with Crippen molar-refractivity contribution in [3.63, 3.8) is 0 Å². The number of anilines is 6. The lowest BCUT2D eigenvalue weighted by molar-refractivity contribution is 0.639. The third-order valence-corrected chi connectivity index (χ3v) is 16.7. The van der Waals surface area contributed by atoms with Gasteiger partial charge in [0.1, 0.15) is 11.2 Å². The van der Waals surface area contributed by atoms with E-state index in [0.717, 1.165) is 72.2 Å². The van der Waals surface area contributed by atoms with Crippen LogP contribution in [0.15, 0.2) is 203 Å². The third kappa shape index (κ3) is 6.40. The normalized spacial score (nSPS) is 14.5. The molecule has 360 valence electrons. The molecular formula is C70H58N2O2. The van der Waals surface area contributed by atoms with Gasteiger partial charge in [-0.15, -0.1) is 0 Å². The average Bonchev–Trinajstić information content (AvgIpc) is 4.34. The molecule has 0 N–H and O–H groups in total. The predicted octanol–water partition coefficient (Wildman–Crippen LogP) is 20.4. The number of nitrogens with zero attached hydrogens (tertiary/aromatic N) is 2. The highest BCUT2D eigenvalue weighted by Crippen LogP contribution is 2.60. The van der Waals surface area contributed by atoms with Crippen LogP contribution in [0.25, 0.3) is 76.9 Å². The molecule has 2 heterocycles. The average molecular weight is 961 g/mol. The van der Waals surface area contributed by atoms with Crippen molar-refractivity contribution in [1.29, 1.82) is 0 Å². The van der Waals surface area contributed by atoms with Crippen molar-refractivity contribution in [2.45, 2.75) is 78.1 Å². The first-order valence-electron chi connectivity index (χ1n) is 27.2. The Bertz CT molecular complexity index is 4380. The van der Waals surface area contributed by atoms with E-state index < -0.39 is 0 Å². The maximum Gasteiger partial charge on any atom is 0.159 e. The van der Waals surface area contributed by atoms with Crippen molar-refractivity contribution in [1.82, 2.24) is 0 Å². The first kappa shape index (κ1) is 42.2. The highest BCUT2D eigenvalue weighted by molar-refractivity contribution is 6.15. The molecule has 0 fully saturated rings. The van der Waals surface area contributed by atoms with Gasteiger partial charge in [-0.2, -0.15) is 0 Å². The Morgan fingerprint density at radius 3 is 1.45 bits per heavy atom. The van der Waals surface area contributed by atoms with Crippen LogP contribution in [0.2, 0.25) is 0 Å². The van der Waals surface area contributed by atoms with Crippen LogP contribution in [-0.2, 0) is 10.8 Å². The van der Waals surface area contributed by atoms with Crippen LogP contribution in [-0.4, -0.2) is 0 Å². The Morgan fingerprint density at radius 1 is 0.378 bits per heavy atom. The van der Waals surface area contributed by atoms with E-state index in [-0.39, 0.29) is 10.8 Å². The van der Waals surface area contributed by atoms with E-state index >= 15 is 0 Å². The summed E-state index contributed by atoms with van der Waals surface area (Å²) in [4.78, 5) is 4.73. The highest BCUT2D eigenvalue weighted by Gasteiger charge is 2.43. The number of hydrogen-bond acceptors (Lipinski definition) is 4. The molecule has 0 unspecified atom stereocenters. The molecule has 2 aromatic heterocycles. The van der Waals surface area contributed by atoms with Gasteiger partial charge in [0, 0.05) is 54.8 Å². The highest BCUT2D eigenvalue weighted by atomic mass is 16.3. The molecule has 4 heteroatoms. The SMILES string of the molecule is [2H]c1cccc2c1oc1c(N(c3ccc(C(C)C)cc3)c3ccc4c(c3)C(C)(C)c3cc5c(cc3-4)-c3c(cc(N(c4ccc(C(C)C)cc4)c4cccc6c4oc4c([2H])cccc46)c4ccccc34)C5(C)C)cccc12. The summed E-state index contributed by atoms with van der Waals surface area (Å²) >= 11 is 0. The number of furan rings is 2. The molecular weight excluding hydrogens is 901 g/mol. The van der Waals surface area contributed by atoms with Crippen LogP contribution in [0.1, 0.15) is 103 Å². The number of fused-ring (bicyclic) bond motifs is 14. The minimum absolute atomic E-state index is 0.324. The third-order valence-electron chi connectivity index (χ3n) is 16.7. The monoisotopic (exact) mass is 960 g/mol. The molecule has 0 atom stereocenters. The molecule has 0 saturated carbocycles. The molecule has 0 radical (unpaired) electrons. The standard InChI is InChI=1S/C70H58N2O2/c1-41(2)43-27-31-45(32-28-43)71(61-23-15-21-53-50-18-11-13-25-64(50)73-67(53)61)47-35-36-48-55-38-56-59(39-58(55)69(5,6)57(48)37-47)70(7,8)60-40-63(49-17-9-10-20-52(49)66(56)60)72(46-33-29-44(30-34-46)42(3)4)62-24-16-22-54-51-19-12-14-26-65(51)74-68(54)62/h9-42H,1-8H3/i25D,26D. The minimum atomic E-state index is -0.351. The lowest BCUT2D eigenvalue weighted by atomic mass is 9.77. The lowest BCUT2D eigenvalue weighted by Crippen LogP contribution is -2.20. The summed E-state index contributed by atoms with van der Waals surface area (Å²) < 4.78 is 31.0. The van der Waals surface area contributed by atoms with Crippen LogP contribution in [0.3, 0.4) is 0 Å². The Morgan fingerprint density at radius 2 is 0.851 bits per heavy atom. The number of hydrogen-bond donors (Lipinski definition) is 0. The van der Waals surface area contributed by atoms with E-state index in [4.69, 9.17) is 11.6 Å². The second-order valence-corrected chi connectivity index (χ2v) is 22.3. The Balaban J connectivity index is 0.946. The maximum absolute atomic E-state index is 8.81. The summed E-state index contributed by atoms with van der Waals surface area (Å²) in [6.45, 7) is 18.5. The fraction of sp³-hybridized carbons (Fsp3) is 0.171. The van der Waals surface area contributed by atoms with Gasteiger partial charge >= 0.3 is 0 Å². The van der Waals surface area contributed by atoms with Gasteiger partial charge in [-0.1, -0.05) is 177 Å². The Labute approximate surface area is 435 Å². The van der Waals surface area contributed by atoms with Gasteiger partial charge in [-0.25, -0.2) is 0 Å². The summed E-state index contributed by atoms with van der Waals surface area (Å²) in [5, 5.41) is 6.24. The molecule has 0 spiro atoms. The van der Waals surface area contributed by atoms with Crippen molar-refractivity contribution in [2.75, 3.05) is 9.80 Å². The van der Waals surface area contributed by atoms with Gasteiger partial charge in [0.2, 0.25) is 0 Å². The second kappa shape index (κ2) is 16.1. The van der Waals surface area contributed by atoms with E-state index in [9.17, 15) is 0 Å². The smallest absolute Gasteiger partial charge is 0.159 e. The zero-order valence-electron chi connectivity index (χ0n) is 45.2. The quantitative estimate of drug-likeness (QED) is 0.152. The molecule has 2 aliphatic carbocycles. The Kier molecular flexibility index (Phi) is 9.17. The molecule has 12 aromatic rings. The number of benzene rings is 10. The predicted molar refractivity (Wildman–Crippen MR) is 311 cm³/mol. The minimum Gasteiger partial charge on any atom is -0.454 e. The molecule has 0 bridgehead atoms. The molecule has 2 aliphatic rings. The summed E-state index contributed by atoms with van der Waals surface area (Å²) in [5.41, 5.74) is 21.0. The van der Waals surface area contributed by atoms with Crippen molar-refractivity contribution in [2.24, 2.45) is 0 Å². The first-order chi connectivity index (χ1) is 36.7. The fourth-order valence-corrected chi connectivity index (χ4v) is 12.6. The molecule has 14 rings (SSSR count). The zero-order chi connectivity index (χ0) is 52.1. The summed E-state index contributed by atoms with van der Waals surface area (Å²) in [7, 11) is 0. The molecule has 10 aromatic carbocycles. The first-order valence-corrected chi connectivity index (χ1v) is 26.2. The van der Waals surface area contributed by atoms with Crippen LogP contribution in [0.4, 0.5) is 34.1 Å². The van der Waals surface area contributed by atoms with Crippen molar-refractivity contribution < 1.29 is 11.6 Å². The van der Waals surface area contributed by atoms with Crippen molar-refractivity contribution in [3.05, 3.63) is 227 Å². The van der Waals surface area contributed by atoms with E-state index in [2.05, 4.69) is 223 Å². The van der Waals surface area contributed by atoms with E-state index in [0.29, 0.717) is 35.1 Å². The van der Waals surface area contributed by atoms with E-state index in [1.807, 2.05) is 12.1 Å². The van der Waals surface area contributed by atoms with Gasteiger partial charge in [0.15, 0.2) is 11.2 Å². The van der Waals surface area contributed by atoms with Crippen LogP contribution >= 0.6 is 0 Å². The van der Waals surface area contributed by atoms with Gasteiger partial charge in [0.05, 0.1) is 19.8 Å². The second-order valence-electron chi connectivity index (χ2n) is 22.3. The summed E-state index contributed by atoms with van der Waals surface area (Å²) in [6, 6.07) is 66.5. The molecule has 0 amide bonds. The van der Waals surface area contributed by atoms with Crippen LogP contribution in [0, 0.1) is 0 Å². The topological polar surface area (TPSA) is 32.8 Å². The molecule has 4 nitrogen and oxygen atoms in total. The van der Waals surface area contributed by atoms with E-state index in [1.54, 1.807) is 12.1 Å². The largest absolute Gasteiger partial charge is 0.454 e. The molecule has 74 heavy (non-hydrogen) atoms.